The van der Waals surface area contributed by atoms with E-state index in [1.54, 1.807) is 16.2 Å². The Balaban J connectivity index is 1.57. The number of hydrogen-bond acceptors (Lipinski definition) is 4. The summed E-state index contributed by atoms with van der Waals surface area (Å²) in [6, 6.07) is 3.97. The normalized spacial score (nSPS) is 16.2. The van der Waals surface area contributed by atoms with Crippen molar-refractivity contribution < 1.29 is 22.7 Å². The first-order valence-electron chi connectivity index (χ1n) is 8.28. The van der Waals surface area contributed by atoms with Gasteiger partial charge in [0, 0.05) is 49.1 Å². The van der Waals surface area contributed by atoms with Gasteiger partial charge in [-0.25, -0.2) is 4.79 Å². The van der Waals surface area contributed by atoms with Crippen molar-refractivity contribution in [1.29, 1.82) is 0 Å². The van der Waals surface area contributed by atoms with E-state index in [-0.39, 0.29) is 12.6 Å². The van der Waals surface area contributed by atoms with Gasteiger partial charge in [0.15, 0.2) is 0 Å². The monoisotopic (exact) mass is 379 g/mol. The standard InChI is InChI=1S/C16H24F3N3O2S/c1-13-3-4-14(25-13)11-20-15(23)22-8-6-21(7-9-22)5-2-10-24-12-16(17,18)19/h3-4H,2,5-12H2,1H3,(H,20,23). The van der Waals surface area contributed by atoms with Crippen LogP contribution in [0, 0.1) is 6.92 Å². The maximum atomic E-state index is 12.2. The number of carbonyl (C=O) groups is 1. The molecule has 5 nitrogen and oxygen atoms in total. The highest BCUT2D eigenvalue weighted by Crippen LogP contribution is 2.15. The first-order chi connectivity index (χ1) is 11.8. The van der Waals surface area contributed by atoms with Gasteiger partial charge in [0.2, 0.25) is 0 Å². The van der Waals surface area contributed by atoms with E-state index in [1.807, 2.05) is 19.1 Å². The van der Waals surface area contributed by atoms with Crippen LogP contribution in [0.5, 0.6) is 0 Å². The lowest BCUT2D eigenvalue weighted by molar-refractivity contribution is -0.174. The van der Waals surface area contributed by atoms with E-state index in [4.69, 9.17) is 0 Å². The van der Waals surface area contributed by atoms with Crippen molar-refractivity contribution >= 4 is 17.4 Å². The fourth-order valence-corrected chi connectivity index (χ4v) is 3.44. The summed E-state index contributed by atoms with van der Waals surface area (Å²) in [5, 5.41) is 2.92. The molecular weight excluding hydrogens is 355 g/mol. The highest BCUT2D eigenvalue weighted by Gasteiger charge is 2.27. The van der Waals surface area contributed by atoms with Gasteiger partial charge in [-0.3, -0.25) is 4.90 Å². The van der Waals surface area contributed by atoms with E-state index in [0.717, 1.165) is 18.0 Å². The molecule has 0 unspecified atom stereocenters. The molecule has 2 amide bonds. The van der Waals surface area contributed by atoms with Crippen LogP contribution >= 0.6 is 11.3 Å². The molecule has 1 N–H and O–H groups in total. The van der Waals surface area contributed by atoms with E-state index in [1.165, 1.54) is 4.88 Å². The molecule has 0 aromatic carbocycles. The molecule has 1 aromatic heterocycles. The van der Waals surface area contributed by atoms with Crippen molar-refractivity contribution in [3.8, 4) is 0 Å². The molecule has 25 heavy (non-hydrogen) atoms. The first kappa shape index (κ1) is 20.0. The van der Waals surface area contributed by atoms with E-state index in [9.17, 15) is 18.0 Å². The SMILES string of the molecule is Cc1ccc(CNC(=O)N2CCN(CCCOCC(F)(F)F)CC2)s1. The second-order valence-electron chi connectivity index (χ2n) is 6.02. The number of piperazine rings is 1. The van der Waals surface area contributed by atoms with Gasteiger partial charge in [-0.15, -0.1) is 11.3 Å². The molecule has 1 aromatic rings. The van der Waals surface area contributed by atoms with Crippen LogP contribution in [-0.4, -0.2) is 67.9 Å². The summed E-state index contributed by atoms with van der Waals surface area (Å²) in [5.41, 5.74) is 0. The Bertz CT molecular complexity index is 543. The van der Waals surface area contributed by atoms with E-state index < -0.39 is 12.8 Å². The van der Waals surface area contributed by atoms with Crippen molar-refractivity contribution in [2.24, 2.45) is 0 Å². The first-order valence-corrected chi connectivity index (χ1v) is 9.10. The number of ether oxygens (including phenoxy) is 1. The molecule has 0 aliphatic carbocycles. The zero-order valence-electron chi connectivity index (χ0n) is 14.3. The van der Waals surface area contributed by atoms with Gasteiger partial charge < -0.3 is 15.0 Å². The lowest BCUT2D eigenvalue weighted by atomic mass is 10.3. The molecule has 142 valence electrons. The van der Waals surface area contributed by atoms with Crippen LogP contribution < -0.4 is 5.32 Å². The van der Waals surface area contributed by atoms with Crippen LogP contribution in [0.4, 0.5) is 18.0 Å². The molecule has 9 heteroatoms. The molecule has 0 spiro atoms. The number of aryl methyl sites for hydroxylation is 1. The van der Waals surface area contributed by atoms with Crippen molar-refractivity contribution in [3.05, 3.63) is 21.9 Å². The van der Waals surface area contributed by atoms with E-state index in [0.29, 0.717) is 32.6 Å². The maximum Gasteiger partial charge on any atom is 0.411 e. The number of halogens is 3. The third kappa shape index (κ3) is 7.62. The van der Waals surface area contributed by atoms with Crippen molar-refractivity contribution in [3.63, 3.8) is 0 Å². The molecule has 0 bridgehead atoms. The second-order valence-corrected chi connectivity index (χ2v) is 7.39. The highest BCUT2D eigenvalue weighted by molar-refractivity contribution is 7.11. The molecule has 0 saturated carbocycles. The van der Waals surface area contributed by atoms with Crippen LogP contribution in [0.15, 0.2) is 12.1 Å². The number of urea groups is 1. The number of hydrogen-bond donors (Lipinski definition) is 1. The van der Waals surface area contributed by atoms with E-state index >= 15 is 0 Å². The summed E-state index contributed by atoms with van der Waals surface area (Å²) < 4.78 is 40.5. The molecule has 2 rings (SSSR count). The lowest BCUT2D eigenvalue weighted by Crippen LogP contribution is -2.51. The number of alkyl halides is 3. The van der Waals surface area contributed by atoms with Gasteiger partial charge in [-0.1, -0.05) is 0 Å². The Morgan fingerprint density at radius 1 is 1.28 bits per heavy atom. The van der Waals surface area contributed by atoms with Gasteiger partial charge in [0.1, 0.15) is 6.61 Å². The molecule has 1 fully saturated rings. The van der Waals surface area contributed by atoms with Gasteiger partial charge >= 0.3 is 12.2 Å². The Kier molecular flexibility index (Phi) is 7.52. The predicted octanol–water partition coefficient (Wildman–Crippen LogP) is 2.85. The summed E-state index contributed by atoms with van der Waals surface area (Å²) in [6.07, 6.45) is -3.71. The van der Waals surface area contributed by atoms with Gasteiger partial charge in [-0.2, -0.15) is 13.2 Å². The summed E-state index contributed by atoms with van der Waals surface area (Å²) in [7, 11) is 0. The molecule has 1 saturated heterocycles. The van der Waals surface area contributed by atoms with Crippen LogP contribution in [0.25, 0.3) is 0 Å². The highest BCUT2D eigenvalue weighted by atomic mass is 32.1. The van der Waals surface area contributed by atoms with Crippen LogP contribution in [0.1, 0.15) is 16.2 Å². The molecule has 2 heterocycles. The fourth-order valence-electron chi connectivity index (χ4n) is 2.61. The number of carbonyl (C=O) groups excluding carboxylic acids is 1. The molecular formula is C16H24F3N3O2S. The van der Waals surface area contributed by atoms with Crippen molar-refractivity contribution in [1.82, 2.24) is 15.1 Å². The number of thiophene rings is 1. The zero-order valence-corrected chi connectivity index (χ0v) is 15.1. The Morgan fingerprint density at radius 2 is 2.00 bits per heavy atom. The lowest BCUT2D eigenvalue weighted by Gasteiger charge is -2.34. The van der Waals surface area contributed by atoms with Crippen molar-refractivity contribution in [2.75, 3.05) is 45.9 Å². The Morgan fingerprint density at radius 3 is 2.60 bits per heavy atom. The average Bonchev–Trinajstić information content (AvgIpc) is 2.97. The summed E-state index contributed by atoms with van der Waals surface area (Å²) in [4.78, 5) is 18.4. The number of rotatable bonds is 7. The predicted molar refractivity (Wildman–Crippen MR) is 90.8 cm³/mol. The topological polar surface area (TPSA) is 44.8 Å². The summed E-state index contributed by atoms with van der Waals surface area (Å²) in [6.45, 7) is 4.86. The quantitative estimate of drug-likeness (QED) is 0.741. The third-order valence-electron chi connectivity index (χ3n) is 3.90. The second kappa shape index (κ2) is 9.40. The van der Waals surface area contributed by atoms with Crippen LogP contribution in [0.3, 0.4) is 0 Å². The number of nitrogens with zero attached hydrogens (tertiary/aromatic N) is 2. The van der Waals surface area contributed by atoms with Gasteiger partial charge in [0.05, 0.1) is 6.54 Å². The fraction of sp³-hybridized carbons (Fsp3) is 0.688. The Hall–Kier alpha value is -1.32. The number of nitrogens with one attached hydrogen (secondary N) is 1. The molecule has 0 radical (unpaired) electrons. The molecule has 1 aliphatic rings. The van der Waals surface area contributed by atoms with Crippen LogP contribution in [-0.2, 0) is 11.3 Å². The average molecular weight is 379 g/mol. The summed E-state index contributed by atoms with van der Waals surface area (Å²) >= 11 is 1.67. The smallest absolute Gasteiger partial charge is 0.372 e. The third-order valence-corrected chi connectivity index (χ3v) is 4.90. The van der Waals surface area contributed by atoms with E-state index in [2.05, 4.69) is 15.0 Å². The maximum absolute atomic E-state index is 12.2. The molecule has 0 atom stereocenters. The minimum Gasteiger partial charge on any atom is -0.372 e. The van der Waals surface area contributed by atoms with Gasteiger partial charge in [0.25, 0.3) is 0 Å². The minimum atomic E-state index is -4.26. The van der Waals surface area contributed by atoms with Crippen molar-refractivity contribution in [2.45, 2.75) is 26.1 Å². The minimum absolute atomic E-state index is 0.0702. The Labute approximate surface area is 149 Å². The largest absolute Gasteiger partial charge is 0.411 e. The van der Waals surface area contributed by atoms with Crippen LogP contribution in [0.2, 0.25) is 0 Å². The summed E-state index contributed by atoms with van der Waals surface area (Å²) in [5.74, 6) is 0. The molecule has 1 aliphatic heterocycles. The van der Waals surface area contributed by atoms with Gasteiger partial charge in [-0.05, 0) is 25.5 Å². The number of amides is 2. The zero-order chi connectivity index (χ0) is 18.3.